The number of oxazole rings is 1. The second-order valence-electron chi connectivity index (χ2n) is 6.16. The zero-order chi connectivity index (χ0) is 19.0. The second-order valence-corrected chi connectivity index (χ2v) is 6.16. The van der Waals surface area contributed by atoms with Gasteiger partial charge in [-0.15, -0.1) is 0 Å². The number of pyridine rings is 1. The molecule has 7 heteroatoms. The van der Waals surface area contributed by atoms with E-state index < -0.39 is 0 Å². The molecule has 0 saturated carbocycles. The van der Waals surface area contributed by atoms with Crippen molar-refractivity contribution >= 4 is 17.4 Å². The van der Waals surface area contributed by atoms with E-state index in [0.29, 0.717) is 23.6 Å². The lowest BCUT2D eigenvalue weighted by Crippen LogP contribution is -2.10. The Hall–Kier alpha value is -3.48. The van der Waals surface area contributed by atoms with Crippen molar-refractivity contribution in [3.8, 4) is 22.4 Å². The summed E-state index contributed by atoms with van der Waals surface area (Å²) >= 11 is 0. The summed E-state index contributed by atoms with van der Waals surface area (Å²) in [6.07, 6.45) is 3.61. The number of hydrogen-bond donors (Lipinski definition) is 1. The number of fused-ring (bicyclic) bond motifs is 1. The van der Waals surface area contributed by atoms with E-state index in [0.717, 1.165) is 22.4 Å². The average molecular weight is 364 g/mol. The van der Waals surface area contributed by atoms with E-state index in [1.54, 1.807) is 42.1 Å². The molecule has 6 nitrogen and oxygen atoms in total. The van der Waals surface area contributed by atoms with Gasteiger partial charge in [0.1, 0.15) is 23.6 Å². The predicted molar refractivity (Wildman–Crippen MR) is 99.7 cm³/mol. The highest BCUT2D eigenvalue weighted by Crippen LogP contribution is 2.36. The van der Waals surface area contributed by atoms with Gasteiger partial charge in [0, 0.05) is 18.2 Å². The van der Waals surface area contributed by atoms with Crippen LogP contribution in [-0.4, -0.2) is 20.5 Å². The van der Waals surface area contributed by atoms with Crippen LogP contribution in [0.5, 0.6) is 0 Å². The number of nitrogens with zero attached hydrogens (tertiary/aromatic N) is 3. The van der Waals surface area contributed by atoms with Gasteiger partial charge in [-0.25, -0.2) is 13.9 Å². The van der Waals surface area contributed by atoms with E-state index in [4.69, 9.17) is 4.42 Å². The van der Waals surface area contributed by atoms with Gasteiger partial charge in [0.05, 0.1) is 11.3 Å². The standard InChI is InChI=1S/C20H17FN4O2/c1-3-17(26)23-16-10-14(8-9-22-16)18-19(13-4-6-15(21)7-5-13)24-25-12(2)11-27-20(18)25/h4-11H,3H2,1-2H3,(H,22,23,26). The zero-order valence-electron chi connectivity index (χ0n) is 14.9. The SMILES string of the molecule is CCC(=O)Nc1cc(-c2c(-c3ccc(F)cc3)nn3c(C)coc23)ccn1. The van der Waals surface area contributed by atoms with E-state index in [2.05, 4.69) is 15.4 Å². The first kappa shape index (κ1) is 17.0. The summed E-state index contributed by atoms with van der Waals surface area (Å²) in [7, 11) is 0. The Bertz CT molecular complexity index is 1130. The molecule has 0 bridgehead atoms. The molecule has 3 heterocycles. The average Bonchev–Trinajstić information content (AvgIpc) is 3.22. The maximum absolute atomic E-state index is 13.3. The number of aromatic nitrogens is 3. The molecule has 136 valence electrons. The monoisotopic (exact) mass is 364 g/mol. The van der Waals surface area contributed by atoms with Crippen LogP contribution in [0.25, 0.3) is 28.1 Å². The third-order valence-corrected chi connectivity index (χ3v) is 4.27. The number of aryl methyl sites for hydroxylation is 1. The summed E-state index contributed by atoms with van der Waals surface area (Å²) in [6.45, 7) is 3.67. The first-order valence-electron chi connectivity index (χ1n) is 8.56. The number of carbonyl (C=O) groups is 1. The van der Waals surface area contributed by atoms with Gasteiger partial charge in [0.15, 0.2) is 0 Å². The third kappa shape index (κ3) is 3.08. The van der Waals surface area contributed by atoms with Gasteiger partial charge < -0.3 is 9.73 Å². The lowest BCUT2D eigenvalue weighted by atomic mass is 10.0. The van der Waals surface area contributed by atoms with E-state index >= 15 is 0 Å². The van der Waals surface area contributed by atoms with E-state index in [9.17, 15) is 9.18 Å². The minimum Gasteiger partial charge on any atom is -0.444 e. The molecule has 1 N–H and O–H groups in total. The minimum absolute atomic E-state index is 0.118. The van der Waals surface area contributed by atoms with Crippen molar-refractivity contribution in [2.45, 2.75) is 20.3 Å². The van der Waals surface area contributed by atoms with E-state index in [-0.39, 0.29) is 11.7 Å². The molecule has 3 aromatic heterocycles. The predicted octanol–water partition coefficient (Wildman–Crippen LogP) is 4.45. The third-order valence-electron chi connectivity index (χ3n) is 4.27. The molecule has 1 aromatic carbocycles. The number of carbonyl (C=O) groups excluding carboxylic acids is 1. The molecule has 27 heavy (non-hydrogen) atoms. The van der Waals surface area contributed by atoms with E-state index in [1.165, 1.54) is 12.1 Å². The molecule has 0 radical (unpaired) electrons. The molecule has 0 spiro atoms. The highest BCUT2D eigenvalue weighted by molar-refractivity contribution is 5.93. The first-order valence-corrected chi connectivity index (χ1v) is 8.56. The number of hydrogen-bond acceptors (Lipinski definition) is 4. The first-order chi connectivity index (χ1) is 13.1. The van der Waals surface area contributed by atoms with Gasteiger partial charge in [-0.3, -0.25) is 4.79 Å². The molecular formula is C20H17FN4O2. The van der Waals surface area contributed by atoms with Crippen molar-refractivity contribution in [3.63, 3.8) is 0 Å². The molecule has 0 aliphatic rings. The Kier molecular flexibility index (Phi) is 4.19. The molecule has 4 aromatic rings. The number of amides is 1. The largest absolute Gasteiger partial charge is 0.444 e. The fourth-order valence-corrected chi connectivity index (χ4v) is 2.90. The number of halogens is 1. The highest BCUT2D eigenvalue weighted by Gasteiger charge is 2.21. The van der Waals surface area contributed by atoms with Crippen molar-refractivity contribution in [1.29, 1.82) is 0 Å². The van der Waals surface area contributed by atoms with Crippen LogP contribution in [0.1, 0.15) is 19.0 Å². The molecule has 0 aliphatic carbocycles. The molecule has 0 aliphatic heterocycles. The lowest BCUT2D eigenvalue weighted by Gasteiger charge is -2.06. The van der Waals surface area contributed by atoms with Crippen LogP contribution in [0.4, 0.5) is 10.2 Å². The second kappa shape index (κ2) is 6.68. The van der Waals surface area contributed by atoms with E-state index in [1.807, 2.05) is 13.0 Å². The molecule has 0 unspecified atom stereocenters. The maximum Gasteiger partial charge on any atom is 0.230 e. The summed E-state index contributed by atoms with van der Waals surface area (Å²) in [5.41, 5.74) is 4.39. The minimum atomic E-state index is -0.312. The van der Waals surface area contributed by atoms with Crippen LogP contribution >= 0.6 is 0 Å². The number of nitrogens with one attached hydrogen (secondary N) is 1. The topological polar surface area (TPSA) is 72.4 Å². The van der Waals surface area contributed by atoms with Crippen LogP contribution in [0.2, 0.25) is 0 Å². The quantitative estimate of drug-likeness (QED) is 0.581. The molecule has 0 atom stereocenters. The Labute approximate surface area is 154 Å². The van der Waals surface area contributed by atoms with Crippen LogP contribution < -0.4 is 5.32 Å². The summed E-state index contributed by atoms with van der Waals surface area (Å²) in [6, 6.07) is 9.74. The van der Waals surface area contributed by atoms with Crippen LogP contribution in [-0.2, 0) is 4.79 Å². The van der Waals surface area contributed by atoms with Gasteiger partial charge >= 0.3 is 0 Å². The Morgan fingerprint density at radius 2 is 2.00 bits per heavy atom. The highest BCUT2D eigenvalue weighted by atomic mass is 19.1. The molecule has 4 rings (SSSR count). The Morgan fingerprint density at radius 3 is 2.74 bits per heavy atom. The van der Waals surface area contributed by atoms with Crippen molar-refractivity contribution in [2.75, 3.05) is 5.32 Å². The van der Waals surface area contributed by atoms with Crippen molar-refractivity contribution in [2.24, 2.45) is 0 Å². The Balaban J connectivity index is 1.90. The van der Waals surface area contributed by atoms with Gasteiger partial charge in [-0.2, -0.15) is 5.10 Å². The van der Waals surface area contributed by atoms with Gasteiger partial charge in [-0.05, 0) is 48.9 Å². The summed E-state index contributed by atoms with van der Waals surface area (Å²) in [4.78, 5) is 15.9. The van der Waals surface area contributed by atoms with Crippen molar-refractivity contribution < 1.29 is 13.6 Å². The van der Waals surface area contributed by atoms with Crippen LogP contribution in [0.15, 0.2) is 53.3 Å². The fraction of sp³-hybridized carbons (Fsp3) is 0.150. The molecule has 0 fully saturated rings. The van der Waals surface area contributed by atoms with Crippen LogP contribution in [0.3, 0.4) is 0 Å². The number of benzene rings is 1. The Morgan fingerprint density at radius 1 is 1.22 bits per heavy atom. The molecular weight excluding hydrogens is 347 g/mol. The van der Waals surface area contributed by atoms with Crippen molar-refractivity contribution in [1.82, 2.24) is 14.6 Å². The smallest absolute Gasteiger partial charge is 0.230 e. The zero-order valence-corrected chi connectivity index (χ0v) is 14.9. The number of rotatable bonds is 4. The van der Waals surface area contributed by atoms with Crippen molar-refractivity contribution in [3.05, 3.63) is 60.4 Å². The summed E-state index contributed by atoms with van der Waals surface area (Å²) in [5, 5.41) is 7.40. The molecule has 0 saturated heterocycles. The molecule has 1 amide bonds. The summed E-state index contributed by atoms with van der Waals surface area (Å²) < 4.78 is 20.8. The van der Waals surface area contributed by atoms with Gasteiger partial charge in [-0.1, -0.05) is 6.92 Å². The summed E-state index contributed by atoms with van der Waals surface area (Å²) in [5.74, 6) is 0.0206. The van der Waals surface area contributed by atoms with Gasteiger partial charge in [0.25, 0.3) is 0 Å². The maximum atomic E-state index is 13.3. The lowest BCUT2D eigenvalue weighted by molar-refractivity contribution is -0.115. The van der Waals surface area contributed by atoms with Gasteiger partial charge in [0.2, 0.25) is 11.6 Å². The normalized spacial score (nSPS) is 11.1. The number of anilines is 1. The fourth-order valence-electron chi connectivity index (χ4n) is 2.90. The van der Waals surface area contributed by atoms with Crippen LogP contribution in [0, 0.1) is 12.7 Å².